The van der Waals surface area contributed by atoms with E-state index in [1.54, 1.807) is 28.5 Å². The number of nitrogens with zero attached hydrogens (tertiary/aromatic N) is 3. The SMILES string of the molecule is COc1c(N2CC3CCCN(C(=O)OCOC(=O)CC(O)CC(=O)OCC(=O)[C@@]4(O)CCC5C6CCC7=CC(=O)C=C[C@]7(C)C6[C@@H](O)C[C@@]54C)C3C2)c(F)cc2c(=O)c(C(=O)O)cn(C3CC3)c12. The van der Waals surface area contributed by atoms with Crippen LogP contribution in [-0.4, -0.2) is 129 Å². The van der Waals surface area contributed by atoms with E-state index >= 15 is 4.39 Å². The summed E-state index contributed by atoms with van der Waals surface area (Å²) in [5, 5.41) is 43.7. The Kier molecular flexibility index (Phi) is 12.3. The number of methoxy groups -OCH3 is 1. The van der Waals surface area contributed by atoms with E-state index in [0.29, 0.717) is 50.7 Å². The van der Waals surface area contributed by atoms with Crippen LogP contribution in [0.25, 0.3) is 10.9 Å². The fraction of sp³-hybridized carbons (Fsp3) is 0.612. The smallest absolute Gasteiger partial charge is 0.412 e. The Morgan fingerprint density at radius 2 is 1.72 bits per heavy atom. The molecule has 68 heavy (non-hydrogen) atoms. The van der Waals surface area contributed by atoms with Gasteiger partial charge in [-0.05, 0) is 93.8 Å². The number of aromatic carboxylic acids is 1. The lowest BCUT2D eigenvalue weighted by Gasteiger charge is -2.59. The predicted octanol–water partition coefficient (Wildman–Crippen LogP) is 3.98. The fourth-order valence-electron chi connectivity index (χ4n) is 13.2. The zero-order chi connectivity index (χ0) is 48.6. The Hall–Kier alpha value is -5.66. The van der Waals surface area contributed by atoms with Gasteiger partial charge in [0.2, 0.25) is 18.0 Å². The number of pyridine rings is 1. The lowest BCUT2D eigenvalue weighted by atomic mass is 9.46. The van der Waals surface area contributed by atoms with Gasteiger partial charge in [0.15, 0.2) is 24.0 Å². The van der Waals surface area contributed by atoms with E-state index in [9.17, 15) is 54.0 Å². The van der Waals surface area contributed by atoms with Gasteiger partial charge in [0, 0.05) is 48.6 Å². The second-order valence-corrected chi connectivity index (χ2v) is 20.3. The van der Waals surface area contributed by atoms with Crippen molar-refractivity contribution >= 4 is 52.2 Å². The second kappa shape index (κ2) is 17.7. The molecule has 9 rings (SSSR count). The van der Waals surface area contributed by atoms with Crippen LogP contribution in [0.1, 0.15) is 101 Å². The lowest BCUT2D eigenvalue weighted by Crippen LogP contribution is -2.61. The Balaban J connectivity index is 0.753. The number of ether oxygens (including phenoxy) is 4. The third kappa shape index (κ3) is 7.96. The van der Waals surface area contributed by atoms with Crippen LogP contribution in [0.15, 0.2) is 40.9 Å². The maximum absolute atomic E-state index is 16.1. The number of esters is 2. The number of carbonyl (C=O) groups is 6. The number of fused-ring (bicyclic) bond motifs is 7. The van der Waals surface area contributed by atoms with Crippen LogP contribution >= 0.6 is 0 Å². The number of aromatic nitrogens is 1. The molecular weight excluding hydrogens is 890 g/mol. The summed E-state index contributed by atoms with van der Waals surface area (Å²) in [5.41, 5.74) is -3.32. The molecule has 6 fully saturated rings. The van der Waals surface area contributed by atoms with Crippen molar-refractivity contribution in [2.75, 3.05) is 45.0 Å². The van der Waals surface area contributed by atoms with E-state index in [2.05, 4.69) is 0 Å². The summed E-state index contributed by atoms with van der Waals surface area (Å²) < 4.78 is 39.0. The molecule has 0 spiro atoms. The summed E-state index contributed by atoms with van der Waals surface area (Å²) in [6.07, 6.45) is 6.78. The number of carbonyl (C=O) groups excluding carboxylic acids is 5. The molecule has 0 bridgehead atoms. The fourth-order valence-corrected chi connectivity index (χ4v) is 13.2. The topological polar surface area (TPSA) is 249 Å². The van der Waals surface area contributed by atoms with E-state index < -0.39 is 108 Å². The Morgan fingerprint density at radius 3 is 2.43 bits per heavy atom. The van der Waals surface area contributed by atoms with Crippen LogP contribution in [0.3, 0.4) is 0 Å². The zero-order valence-electron chi connectivity index (χ0n) is 38.3. The maximum Gasteiger partial charge on any atom is 0.412 e. The number of ketones is 2. The van der Waals surface area contributed by atoms with Crippen molar-refractivity contribution in [1.29, 1.82) is 0 Å². The molecule has 18 nitrogen and oxygen atoms in total. The van der Waals surface area contributed by atoms with Crippen molar-refractivity contribution < 1.29 is 72.5 Å². The van der Waals surface area contributed by atoms with Crippen LogP contribution in [0.5, 0.6) is 5.75 Å². The van der Waals surface area contributed by atoms with Gasteiger partial charge in [-0.2, -0.15) is 0 Å². The first-order chi connectivity index (χ1) is 32.3. The van der Waals surface area contributed by atoms with E-state index in [0.717, 1.165) is 24.5 Å². The highest BCUT2D eigenvalue weighted by Gasteiger charge is 2.68. The van der Waals surface area contributed by atoms with Crippen LogP contribution < -0.4 is 15.1 Å². The average molecular weight is 948 g/mol. The Labute approximate surface area is 390 Å². The zero-order valence-corrected chi connectivity index (χ0v) is 38.3. The van der Waals surface area contributed by atoms with Crippen LogP contribution in [0, 0.1) is 40.3 Å². The van der Waals surface area contributed by atoms with Gasteiger partial charge < -0.3 is 53.7 Å². The highest BCUT2D eigenvalue weighted by atomic mass is 19.1. The van der Waals surface area contributed by atoms with E-state index in [1.165, 1.54) is 18.2 Å². The molecule has 4 saturated carbocycles. The minimum Gasteiger partial charge on any atom is -0.492 e. The number of hydrogen-bond acceptors (Lipinski definition) is 15. The number of aliphatic hydroxyl groups excluding tert-OH is 2. The van der Waals surface area contributed by atoms with Gasteiger partial charge in [0.1, 0.15) is 16.9 Å². The maximum atomic E-state index is 16.1. The predicted molar refractivity (Wildman–Crippen MR) is 237 cm³/mol. The normalized spacial score (nSPS) is 32.0. The monoisotopic (exact) mass is 947 g/mol. The molecule has 1 aromatic heterocycles. The number of rotatable bonds is 13. The molecule has 3 heterocycles. The van der Waals surface area contributed by atoms with Gasteiger partial charge in [-0.25, -0.2) is 14.0 Å². The number of hydrogen-bond donors (Lipinski definition) is 4. The van der Waals surface area contributed by atoms with Crippen molar-refractivity contribution in [1.82, 2.24) is 9.47 Å². The summed E-state index contributed by atoms with van der Waals surface area (Å²) >= 11 is 0. The molecule has 2 aliphatic heterocycles. The summed E-state index contributed by atoms with van der Waals surface area (Å²) in [6.45, 7) is 3.09. The van der Waals surface area contributed by atoms with Crippen LogP contribution in [0.4, 0.5) is 14.9 Å². The van der Waals surface area contributed by atoms with E-state index in [4.69, 9.17) is 18.9 Å². The number of benzene rings is 1. The molecule has 1 aromatic carbocycles. The summed E-state index contributed by atoms with van der Waals surface area (Å²) in [6, 6.07) is 0.535. The number of carboxylic acid groups (broad SMARTS) is 1. The third-order valence-electron chi connectivity index (χ3n) is 16.6. The van der Waals surface area contributed by atoms with Crippen LogP contribution in [-0.2, 0) is 33.4 Å². The molecule has 5 aliphatic carbocycles. The standard InChI is InChI=1S/C49H58FN3O15/c1-47-12-10-28(54)15-26(47)6-9-30-33-11-13-49(64,48(33,2)19-36(56)40(30)47)37(57)23-66-38(58)16-29(55)17-39(59)67-24-68-46(63)52-14-4-5-25-20-51(22-35(25)52)42-34(50)18-31-41(44(42)65-3)53(27-7-8-27)21-32(43(31)60)45(61)62/h10,12,15,18,21,25,27,29-30,33,35-36,40,55-56,64H,4-9,11,13-14,16-17,19-20,22-24H2,1-3H3,(H,61,62)/t25?,29?,30?,33?,35?,36-,40?,47-,48-,49-/m0/s1. The number of amides is 1. The molecule has 19 heteroatoms. The summed E-state index contributed by atoms with van der Waals surface area (Å²) in [4.78, 5) is 92.9. The minimum atomic E-state index is -1.88. The molecule has 4 N–H and O–H groups in total. The highest BCUT2D eigenvalue weighted by Crippen LogP contribution is 2.67. The van der Waals surface area contributed by atoms with Gasteiger partial charge >= 0.3 is 24.0 Å². The first-order valence-corrected chi connectivity index (χ1v) is 23.5. The quantitative estimate of drug-likeness (QED) is 0.164. The number of Topliss-reactive ketones (excluding diaryl/α,β-unsaturated/α-hetero) is 1. The number of likely N-dealkylation sites (tertiary alicyclic amines) is 1. The van der Waals surface area contributed by atoms with Crippen molar-refractivity contribution in [2.24, 2.45) is 34.5 Å². The molecule has 1 amide bonds. The first-order valence-electron chi connectivity index (χ1n) is 23.5. The number of halogens is 1. The number of piperidine rings is 1. The molecule has 2 aromatic rings. The molecular formula is C49H58FN3O15. The Morgan fingerprint density at radius 1 is 0.985 bits per heavy atom. The van der Waals surface area contributed by atoms with Crippen LogP contribution in [0.2, 0.25) is 0 Å². The summed E-state index contributed by atoms with van der Waals surface area (Å²) in [5.74, 6) is -5.30. The highest BCUT2D eigenvalue weighted by molar-refractivity contribution is 6.01. The lowest BCUT2D eigenvalue weighted by molar-refractivity contribution is -0.181. The molecule has 6 unspecified atom stereocenters. The molecule has 0 radical (unpaired) electrons. The molecule has 7 aliphatic rings. The molecule has 10 atom stereocenters. The average Bonchev–Trinajstić information content (AvgIpc) is 3.98. The molecule has 2 saturated heterocycles. The largest absolute Gasteiger partial charge is 0.492 e. The third-order valence-corrected chi connectivity index (χ3v) is 16.6. The van der Waals surface area contributed by atoms with Gasteiger partial charge in [0.05, 0.1) is 49.1 Å². The first kappa shape index (κ1) is 47.4. The minimum absolute atomic E-state index is 0.0162. The number of carboxylic acids is 1. The van der Waals surface area contributed by atoms with E-state index in [1.807, 2.05) is 13.0 Å². The van der Waals surface area contributed by atoms with Crippen molar-refractivity contribution in [2.45, 2.75) is 114 Å². The van der Waals surface area contributed by atoms with Gasteiger partial charge in [-0.15, -0.1) is 0 Å². The molecule has 366 valence electrons. The van der Waals surface area contributed by atoms with Crippen molar-refractivity contribution in [3.05, 3.63) is 57.7 Å². The number of aliphatic hydroxyl groups is 3. The van der Waals surface area contributed by atoms with Crippen molar-refractivity contribution in [3.8, 4) is 5.75 Å². The van der Waals surface area contributed by atoms with E-state index in [-0.39, 0.29) is 71.7 Å². The van der Waals surface area contributed by atoms with Crippen molar-refractivity contribution in [3.63, 3.8) is 0 Å². The van der Waals surface area contributed by atoms with Gasteiger partial charge in [-0.1, -0.05) is 25.5 Å². The number of allylic oxidation sites excluding steroid dienone is 4. The second-order valence-electron chi connectivity index (χ2n) is 20.3. The Bertz CT molecular complexity index is 2590. The van der Waals surface area contributed by atoms with Gasteiger partial charge in [-0.3, -0.25) is 24.0 Å². The number of anilines is 1. The van der Waals surface area contributed by atoms with Gasteiger partial charge in [0.25, 0.3) is 0 Å². The summed E-state index contributed by atoms with van der Waals surface area (Å²) in [7, 11) is 1.35.